The molecule has 3 aromatic rings. The van der Waals surface area contributed by atoms with E-state index in [0.29, 0.717) is 26.2 Å². The summed E-state index contributed by atoms with van der Waals surface area (Å²) in [5.74, 6) is -2.22. The Hall–Kier alpha value is -2.54. The van der Waals surface area contributed by atoms with Gasteiger partial charge in [-0.3, -0.25) is 4.79 Å². The number of halogens is 2. The van der Waals surface area contributed by atoms with E-state index in [4.69, 9.17) is 4.98 Å². The zero-order valence-corrected chi connectivity index (χ0v) is 15.7. The molecule has 0 bridgehead atoms. The summed E-state index contributed by atoms with van der Waals surface area (Å²) in [4.78, 5) is 21.1. The smallest absolute Gasteiger partial charge is 0.254 e. The number of anilines is 1. The fourth-order valence-corrected chi connectivity index (χ4v) is 4.31. The Morgan fingerprint density at radius 3 is 2.56 bits per heavy atom. The molecule has 1 saturated heterocycles. The van der Waals surface area contributed by atoms with Crippen LogP contribution in [0.2, 0.25) is 0 Å². The topological polar surface area (TPSA) is 36.4 Å². The molecule has 1 aliphatic heterocycles. The first-order valence-electron chi connectivity index (χ1n) is 8.94. The van der Waals surface area contributed by atoms with Gasteiger partial charge in [0.25, 0.3) is 5.91 Å². The number of hydrogen-bond acceptors (Lipinski definition) is 4. The first kappa shape index (κ1) is 17.9. The SMILES string of the molecule is CCc1ccc2nc(N3CCN(C(=O)c4ccc(F)c(F)c4)CC3)sc2c1. The zero-order chi connectivity index (χ0) is 19.0. The maximum absolute atomic E-state index is 13.4. The Bertz CT molecular complexity index is 996. The Labute approximate surface area is 160 Å². The molecule has 2 aromatic carbocycles. The number of benzene rings is 2. The molecule has 0 saturated carbocycles. The van der Waals surface area contributed by atoms with Crippen molar-refractivity contribution in [3.8, 4) is 0 Å². The molecule has 0 N–H and O–H groups in total. The lowest BCUT2D eigenvalue weighted by Crippen LogP contribution is -2.48. The summed E-state index contributed by atoms with van der Waals surface area (Å²) in [5.41, 5.74) is 2.46. The summed E-state index contributed by atoms with van der Waals surface area (Å²) in [7, 11) is 0. The van der Waals surface area contributed by atoms with Gasteiger partial charge in [0.1, 0.15) is 0 Å². The number of aryl methyl sites for hydroxylation is 1. The maximum Gasteiger partial charge on any atom is 0.254 e. The van der Waals surface area contributed by atoms with Crippen molar-refractivity contribution in [1.29, 1.82) is 0 Å². The molecule has 4 rings (SSSR count). The van der Waals surface area contributed by atoms with E-state index < -0.39 is 11.6 Å². The third kappa shape index (κ3) is 3.51. The molecular formula is C20H19F2N3OS. The highest BCUT2D eigenvalue weighted by molar-refractivity contribution is 7.22. The van der Waals surface area contributed by atoms with E-state index in [2.05, 4.69) is 30.0 Å². The lowest BCUT2D eigenvalue weighted by molar-refractivity contribution is 0.0746. The molecule has 1 fully saturated rings. The molecule has 7 heteroatoms. The molecular weight excluding hydrogens is 368 g/mol. The number of amides is 1. The van der Waals surface area contributed by atoms with Gasteiger partial charge in [-0.25, -0.2) is 13.8 Å². The second-order valence-corrected chi connectivity index (χ2v) is 7.57. The van der Waals surface area contributed by atoms with Crippen molar-refractivity contribution in [3.05, 3.63) is 59.2 Å². The van der Waals surface area contributed by atoms with Crippen molar-refractivity contribution >= 4 is 32.6 Å². The summed E-state index contributed by atoms with van der Waals surface area (Å²) in [6.07, 6.45) is 0.994. The number of nitrogens with zero attached hydrogens (tertiary/aromatic N) is 3. The van der Waals surface area contributed by atoms with Gasteiger partial charge in [-0.05, 0) is 42.3 Å². The van der Waals surface area contributed by atoms with Crippen LogP contribution in [0.15, 0.2) is 36.4 Å². The van der Waals surface area contributed by atoms with Crippen molar-refractivity contribution in [1.82, 2.24) is 9.88 Å². The predicted molar refractivity (Wildman–Crippen MR) is 103 cm³/mol. The highest BCUT2D eigenvalue weighted by Gasteiger charge is 2.24. The lowest BCUT2D eigenvalue weighted by atomic mass is 10.1. The highest BCUT2D eigenvalue weighted by Crippen LogP contribution is 2.30. The number of piperazine rings is 1. The summed E-state index contributed by atoms with van der Waals surface area (Å²) in [6, 6.07) is 9.61. The minimum Gasteiger partial charge on any atom is -0.345 e. The molecule has 0 atom stereocenters. The molecule has 27 heavy (non-hydrogen) atoms. The fourth-order valence-electron chi connectivity index (χ4n) is 3.22. The molecule has 4 nitrogen and oxygen atoms in total. The number of hydrogen-bond donors (Lipinski definition) is 0. The van der Waals surface area contributed by atoms with Gasteiger partial charge in [-0.15, -0.1) is 0 Å². The summed E-state index contributed by atoms with van der Waals surface area (Å²) >= 11 is 1.66. The van der Waals surface area contributed by atoms with Crippen LogP contribution in [0.3, 0.4) is 0 Å². The van der Waals surface area contributed by atoms with Gasteiger partial charge in [0.2, 0.25) is 0 Å². The van der Waals surface area contributed by atoms with Gasteiger partial charge in [0.15, 0.2) is 16.8 Å². The van der Waals surface area contributed by atoms with Crippen LogP contribution < -0.4 is 4.90 Å². The van der Waals surface area contributed by atoms with E-state index >= 15 is 0 Å². The number of aromatic nitrogens is 1. The van der Waals surface area contributed by atoms with Crippen LogP contribution in [0.5, 0.6) is 0 Å². The first-order chi connectivity index (χ1) is 13.0. The number of carbonyl (C=O) groups excluding carboxylic acids is 1. The van der Waals surface area contributed by atoms with E-state index in [1.54, 1.807) is 16.2 Å². The molecule has 0 aliphatic carbocycles. The minimum atomic E-state index is -1.000. The van der Waals surface area contributed by atoms with Crippen LogP contribution in [0.4, 0.5) is 13.9 Å². The normalized spacial score (nSPS) is 14.8. The largest absolute Gasteiger partial charge is 0.345 e. The molecule has 0 spiro atoms. The van der Waals surface area contributed by atoms with Gasteiger partial charge in [-0.1, -0.05) is 24.3 Å². The quantitative estimate of drug-likeness (QED) is 0.679. The van der Waals surface area contributed by atoms with Crippen LogP contribution in [0, 0.1) is 11.6 Å². The van der Waals surface area contributed by atoms with Crippen molar-refractivity contribution < 1.29 is 13.6 Å². The van der Waals surface area contributed by atoms with Crippen molar-refractivity contribution in [2.45, 2.75) is 13.3 Å². The van der Waals surface area contributed by atoms with Crippen molar-refractivity contribution in [3.63, 3.8) is 0 Å². The number of fused-ring (bicyclic) bond motifs is 1. The van der Waals surface area contributed by atoms with E-state index in [0.717, 1.165) is 29.2 Å². The Morgan fingerprint density at radius 2 is 1.85 bits per heavy atom. The molecule has 140 valence electrons. The minimum absolute atomic E-state index is 0.175. The second-order valence-electron chi connectivity index (χ2n) is 6.56. The monoisotopic (exact) mass is 387 g/mol. The Morgan fingerprint density at radius 1 is 1.07 bits per heavy atom. The van der Waals surface area contributed by atoms with E-state index in [9.17, 15) is 13.6 Å². The van der Waals surface area contributed by atoms with Gasteiger partial charge < -0.3 is 9.80 Å². The fraction of sp³-hybridized carbons (Fsp3) is 0.300. The lowest BCUT2D eigenvalue weighted by Gasteiger charge is -2.34. The molecule has 2 heterocycles. The summed E-state index contributed by atoms with van der Waals surface area (Å²) in [5, 5.41) is 0.957. The highest BCUT2D eigenvalue weighted by atomic mass is 32.1. The standard InChI is InChI=1S/C20H19F2N3OS/c1-2-13-3-6-17-18(11-13)27-20(23-17)25-9-7-24(8-10-25)19(26)14-4-5-15(21)16(22)12-14/h3-6,11-12H,2,7-10H2,1H3. The zero-order valence-electron chi connectivity index (χ0n) is 14.9. The van der Waals surface area contributed by atoms with Gasteiger partial charge in [0, 0.05) is 31.7 Å². The molecule has 1 aromatic heterocycles. The van der Waals surface area contributed by atoms with Crippen LogP contribution in [-0.4, -0.2) is 42.0 Å². The van der Waals surface area contributed by atoms with Gasteiger partial charge in [-0.2, -0.15) is 0 Å². The predicted octanol–water partition coefficient (Wildman–Crippen LogP) is 4.10. The van der Waals surface area contributed by atoms with E-state index in [-0.39, 0.29) is 11.5 Å². The first-order valence-corrected chi connectivity index (χ1v) is 9.75. The van der Waals surface area contributed by atoms with Crippen molar-refractivity contribution in [2.75, 3.05) is 31.1 Å². The third-order valence-corrected chi connectivity index (χ3v) is 5.93. The second kappa shape index (κ2) is 7.23. The Balaban J connectivity index is 1.45. The van der Waals surface area contributed by atoms with E-state index in [1.807, 2.05) is 0 Å². The summed E-state index contributed by atoms with van der Waals surface area (Å²) in [6.45, 7) is 4.50. The van der Waals surface area contributed by atoms with Crippen LogP contribution in [0.1, 0.15) is 22.8 Å². The van der Waals surface area contributed by atoms with Gasteiger partial charge >= 0.3 is 0 Å². The molecule has 0 unspecified atom stereocenters. The molecule has 1 amide bonds. The number of carbonyl (C=O) groups is 1. The summed E-state index contributed by atoms with van der Waals surface area (Å²) < 4.78 is 27.6. The maximum atomic E-state index is 13.4. The number of thiazole rings is 1. The molecule has 1 aliphatic rings. The number of rotatable bonds is 3. The van der Waals surface area contributed by atoms with E-state index in [1.165, 1.54) is 16.3 Å². The third-order valence-electron chi connectivity index (χ3n) is 4.85. The van der Waals surface area contributed by atoms with Crippen LogP contribution in [0.25, 0.3) is 10.2 Å². The van der Waals surface area contributed by atoms with Gasteiger partial charge in [0.05, 0.1) is 10.2 Å². The average Bonchev–Trinajstić information content (AvgIpc) is 3.13. The average molecular weight is 387 g/mol. The van der Waals surface area contributed by atoms with Crippen LogP contribution in [-0.2, 0) is 6.42 Å². The van der Waals surface area contributed by atoms with Crippen molar-refractivity contribution in [2.24, 2.45) is 0 Å². The molecule has 0 radical (unpaired) electrons. The van der Waals surface area contributed by atoms with Crippen LogP contribution >= 0.6 is 11.3 Å². The Kier molecular flexibility index (Phi) is 4.78.